The molecular weight excluding hydrogens is 338 g/mol. The normalized spacial score (nSPS) is 11.3. The fourth-order valence-electron chi connectivity index (χ4n) is 1.74. The number of nitrogens with two attached hydrogens (primary N) is 1. The number of thiocarbonyl (C=S) groups is 1. The van der Waals surface area contributed by atoms with Crippen LogP contribution in [0, 0.1) is 17.0 Å². The Balaban J connectivity index is 2.29. The highest BCUT2D eigenvalue weighted by atomic mass is 32.1. The van der Waals surface area contributed by atoms with Crippen LogP contribution < -0.4 is 11.2 Å². The van der Waals surface area contributed by atoms with Gasteiger partial charge in [-0.15, -0.1) is 11.3 Å². The van der Waals surface area contributed by atoms with E-state index in [4.69, 9.17) is 22.4 Å². The fourth-order valence-corrected chi connectivity index (χ4v) is 2.78. The van der Waals surface area contributed by atoms with Crippen molar-refractivity contribution in [3.8, 4) is 0 Å². The Labute approximate surface area is 140 Å². The highest BCUT2D eigenvalue weighted by Crippen LogP contribution is 2.31. The minimum atomic E-state index is -0.604. The minimum Gasteiger partial charge on any atom is -0.401 e. The third-order valence-electron chi connectivity index (χ3n) is 2.79. The molecular formula is C13H13N5O3S2. The fraction of sp³-hybridized carbons (Fsp3) is 0.154. The van der Waals surface area contributed by atoms with Crippen LogP contribution in [0.25, 0.3) is 5.57 Å². The molecule has 2 aromatic heterocycles. The van der Waals surface area contributed by atoms with Crippen LogP contribution in [0.15, 0.2) is 28.2 Å². The summed E-state index contributed by atoms with van der Waals surface area (Å²) in [5.41, 5.74) is 9.73. The number of aryl methyl sites for hydroxylation is 1. The molecule has 0 atom stereocenters. The molecule has 0 spiro atoms. The Hall–Kier alpha value is -2.59. The van der Waals surface area contributed by atoms with Crippen LogP contribution in [-0.4, -0.2) is 20.7 Å². The SMILES string of the molecule is C=C(c1ccc([N+](=O)[O-])o1)c1nc(C)c(/C(C)=N\NC(N)=S)s1. The summed E-state index contributed by atoms with van der Waals surface area (Å²) in [5.74, 6) is -0.0408. The van der Waals surface area contributed by atoms with Crippen molar-refractivity contribution in [2.45, 2.75) is 13.8 Å². The third kappa shape index (κ3) is 3.79. The number of rotatable bonds is 5. The van der Waals surface area contributed by atoms with E-state index in [1.807, 2.05) is 6.92 Å². The first-order chi connectivity index (χ1) is 10.8. The first-order valence-corrected chi connectivity index (χ1v) is 7.53. The molecule has 2 heterocycles. The summed E-state index contributed by atoms with van der Waals surface area (Å²) in [5, 5.41) is 15.4. The highest BCUT2D eigenvalue weighted by Gasteiger charge is 2.18. The molecule has 0 bridgehead atoms. The molecule has 0 unspecified atom stereocenters. The van der Waals surface area contributed by atoms with Gasteiger partial charge in [0.1, 0.15) is 15.7 Å². The molecule has 0 saturated heterocycles. The van der Waals surface area contributed by atoms with Gasteiger partial charge in [0.15, 0.2) is 5.11 Å². The van der Waals surface area contributed by atoms with Gasteiger partial charge < -0.3 is 10.2 Å². The zero-order chi connectivity index (χ0) is 17.1. The molecule has 0 aliphatic carbocycles. The van der Waals surface area contributed by atoms with Crippen molar-refractivity contribution in [2.24, 2.45) is 10.8 Å². The van der Waals surface area contributed by atoms with Crippen LogP contribution >= 0.6 is 23.6 Å². The maximum Gasteiger partial charge on any atom is 0.433 e. The van der Waals surface area contributed by atoms with Crippen LogP contribution in [0.2, 0.25) is 0 Å². The number of nitrogens with one attached hydrogen (secondary N) is 1. The predicted octanol–water partition coefficient (Wildman–Crippen LogP) is 2.57. The summed E-state index contributed by atoms with van der Waals surface area (Å²) in [4.78, 5) is 15.3. The van der Waals surface area contributed by atoms with Crippen LogP contribution in [0.3, 0.4) is 0 Å². The second-order valence-corrected chi connectivity index (χ2v) is 5.92. The molecule has 0 fully saturated rings. The largest absolute Gasteiger partial charge is 0.433 e. The Morgan fingerprint density at radius 1 is 1.61 bits per heavy atom. The van der Waals surface area contributed by atoms with Crippen molar-refractivity contribution in [3.63, 3.8) is 0 Å². The van der Waals surface area contributed by atoms with Crippen molar-refractivity contribution >= 4 is 45.8 Å². The standard InChI is InChI=1S/C13H13N5O3S2/c1-6(9-4-5-10(21-9)18(19)20)12-15-7(2)11(23-12)8(3)16-17-13(14)22/h4-5H,1H2,2-3H3,(H3,14,17,22)/b16-8-. The third-order valence-corrected chi connectivity index (χ3v) is 4.20. The van der Waals surface area contributed by atoms with Crippen molar-refractivity contribution < 1.29 is 9.34 Å². The summed E-state index contributed by atoms with van der Waals surface area (Å²) in [6.45, 7) is 7.51. The Kier molecular flexibility index (Phi) is 4.86. The monoisotopic (exact) mass is 351 g/mol. The van der Waals surface area contributed by atoms with Gasteiger partial charge in [0.25, 0.3) is 0 Å². The summed E-state index contributed by atoms with van der Waals surface area (Å²) < 4.78 is 5.14. The van der Waals surface area contributed by atoms with Gasteiger partial charge >= 0.3 is 5.88 Å². The highest BCUT2D eigenvalue weighted by molar-refractivity contribution is 7.80. The number of hydrazone groups is 1. The molecule has 0 aromatic carbocycles. The van der Waals surface area contributed by atoms with Gasteiger partial charge in [-0.25, -0.2) is 4.98 Å². The lowest BCUT2D eigenvalue weighted by Gasteiger charge is -1.99. The van der Waals surface area contributed by atoms with E-state index in [0.717, 1.165) is 10.6 Å². The van der Waals surface area contributed by atoms with Crippen molar-refractivity contribution in [1.82, 2.24) is 10.4 Å². The van der Waals surface area contributed by atoms with E-state index in [2.05, 4.69) is 22.1 Å². The number of aromatic nitrogens is 1. The van der Waals surface area contributed by atoms with E-state index in [1.54, 1.807) is 6.92 Å². The number of hydrogen-bond donors (Lipinski definition) is 2. The summed E-state index contributed by atoms with van der Waals surface area (Å²) in [7, 11) is 0. The average molecular weight is 351 g/mol. The van der Waals surface area contributed by atoms with Gasteiger partial charge in [0.2, 0.25) is 0 Å². The van der Waals surface area contributed by atoms with E-state index < -0.39 is 4.92 Å². The van der Waals surface area contributed by atoms with Crippen LogP contribution in [0.5, 0.6) is 0 Å². The van der Waals surface area contributed by atoms with Crippen LogP contribution in [-0.2, 0) is 0 Å². The molecule has 0 saturated carbocycles. The second-order valence-electron chi connectivity index (χ2n) is 4.48. The molecule has 8 nitrogen and oxygen atoms in total. The van der Waals surface area contributed by atoms with E-state index in [-0.39, 0.29) is 11.0 Å². The Morgan fingerprint density at radius 2 is 2.30 bits per heavy atom. The zero-order valence-electron chi connectivity index (χ0n) is 12.3. The van der Waals surface area contributed by atoms with Gasteiger partial charge in [-0.2, -0.15) is 5.10 Å². The zero-order valence-corrected chi connectivity index (χ0v) is 14.0. The molecule has 120 valence electrons. The molecule has 2 rings (SSSR count). The molecule has 23 heavy (non-hydrogen) atoms. The topological polar surface area (TPSA) is 120 Å². The number of nitrogens with zero attached hydrogens (tertiary/aromatic N) is 3. The average Bonchev–Trinajstić information content (AvgIpc) is 3.10. The van der Waals surface area contributed by atoms with Gasteiger partial charge in [-0.05, 0) is 32.1 Å². The molecule has 0 aliphatic rings. The summed E-state index contributed by atoms with van der Waals surface area (Å²) in [6, 6.07) is 2.77. The van der Waals surface area contributed by atoms with Crippen molar-refractivity contribution in [1.29, 1.82) is 0 Å². The maximum absolute atomic E-state index is 10.7. The Bertz CT molecular complexity index is 821. The predicted molar refractivity (Wildman–Crippen MR) is 92.5 cm³/mol. The van der Waals surface area contributed by atoms with E-state index in [1.165, 1.54) is 23.5 Å². The lowest BCUT2D eigenvalue weighted by atomic mass is 10.2. The molecule has 0 amide bonds. The summed E-state index contributed by atoms with van der Waals surface area (Å²) >= 11 is 6.04. The van der Waals surface area contributed by atoms with Gasteiger partial charge in [-0.3, -0.25) is 15.5 Å². The maximum atomic E-state index is 10.7. The Morgan fingerprint density at radius 3 is 2.87 bits per heavy atom. The van der Waals surface area contributed by atoms with Crippen molar-refractivity contribution in [2.75, 3.05) is 0 Å². The number of thiazole rings is 1. The molecule has 0 aliphatic heterocycles. The number of nitro groups is 1. The second kappa shape index (κ2) is 6.67. The lowest BCUT2D eigenvalue weighted by Crippen LogP contribution is -2.25. The van der Waals surface area contributed by atoms with Crippen LogP contribution in [0.1, 0.15) is 28.3 Å². The lowest BCUT2D eigenvalue weighted by molar-refractivity contribution is -0.402. The van der Waals surface area contributed by atoms with Crippen LogP contribution in [0.4, 0.5) is 5.88 Å². The molecule has 0 radical (unpaired) electrons. The number of hydrogen-bond acceptors (Lipinski definition) is 7. The van der Waals surface area contributed by atoms with E-state index in [0.29, 0.717) is 22.1 Å². The molecule has 2 aromatic rings. The molecule has 3 N–H and O–H groups in total. The van der Waals surface area contributed by atoms with E-state index >= 15 is 0 Å². The van der Waals surface area contributed by atoms with Gasteiger partial charge in [0, 0.05) is 5.57 Å². The molecule has 10 heteroatoms. The van der Waals surface area contributed by atoms with Crippen molar-refractivity contribution in [3.05, 3.63) is 50.2 Å². The number of furan rings is 1. The van der Waals surface area contributed by atoms with E-state index in [9.17, 15) is 10.1 Å². The quantitative estimate of drug-likeness (QED) is 0.367. The minimum absolute atomic E-state index is 0.0686. The first-order valence-electron chi connectivity index (χ1n) is 6.31. The van der Waals surface area contributed by atoms with Gasteiger partial charge in [0.05, 0.1) is 22.3 Å². The first kappa shape index (κ1) is 16.8. The smallest absolute Gasteiger partial charge is 0.401 e. The van der Waals surface area contributed by atoms with Gasteiger partial charge in [-0.1, -0.05) is 6.58 Å². The summed E-state index contributed by atoms with van der Waals surface area (Å²) in [6.07, 6.45) is 0.